The molecule has 5 nitrogen and oxygen atoms in total. The van der Waals surface area contributed by atoms with Crippen LogP contribution in [0.4, 0.5) is 0 Å². The normalized spacial score (nSPS) is 9.95. The molecule has 1 aromatic carbocycles. The summed E-state index contributed by atoms with van der Waals surface area (Å²) < 4.78 is 6.37. The number of rotatable bonds is 8. The molecule has 0 aromatic heterocycles. The maximum absolute atomic E-state index is 11.4. The molecule has 1 rings (SSSR count). The predicted molar refractivity (Wildman–Crippen MR) is 75.7 cm³/mol. The van der Waals surface area contributed by atoms with E-state index >= 15 is 0 Å². The Hall–Kier alpha value is -1.56. The lowest BCUT2D eigenvalue weighted by Gasteiger charge is -2.07. The molecule has 2 amide bonds. The highest BCUT2D eigenvalue weighted by molar-refractivity contribution is 9.10. The molecule has 104 valence electrons. The molecule has 0 atom stereocenters. The van der Waals surface area contributed by atoms with Crippen LogP contribution in [0.3, 0.4) is 0 Å². The monoisotopic (exact) mass is 328 g/mol. The van der Waals surface area contributed by atoms with Gasteiger partial charge in [0.25, 0.3) is 0 Å². The number of hydrogen-bond acceptors (Lipinski definition) is 3. The van der Waals surface area contributed by atoms with Crippen molar-refractivity contribution in [2.45, 2.75) is 19.3 Å². The van der Waals surface area contributed by atoms with Crippen molar-refractivity contribution in [3.63, 3.8) is 0 Å². The average molecular weight is 329 g/mol. The second-order valence-electron chi connectivity index (χ2n) is 3.98. The minimum Gasteiger partial charge on any atom is -0.493 e. The van der Waals surface area contributed by atoms with Gasteiger partial charge in [-0.2, -0.15) is 0 Å². The Morgan fingerprint density at radius 3 is 2.79 bits per heavy atom. The predicted octanol–water partition coefficient (Wildman–Crippen LogP) is 1.60. The summed E-state index contributed by atoms with van der Waals surface area (Å²) in [5, 5.41) is 2.70. The van der Waals surface area contributed by atoms with Gasteiger partial charge in [0, 0.05) is 17.4 Å². The molecule has 1 aromatic rings. The van der Waals surface area contributed by atoms with E-state index in [2.05, 4.69) is 21.2 Å². The molecule has 0 aliphatic heterocycles. The van der Waals surface area contributed by atoms with E-state index in [1.165, 1.54) is 0 Å². The number of ether oxygens (including phenoxy) is 1. The van der Waals surface area contributed by atoms with Gasteiger partial charge in [-0.3, -0.25) is 9.59 Å². The third-order valence-corrected chi connectivity index (χ3v) is 2.81. The number of halogens is 1. The summed E-state index contributed by atoms with van der Waals surface area (Å²) in [5.74, 6) is 0.266. The van der Waals surface area contributed by atoms with Crippen LogP contribution in [0.1, 0.15) is 19.3 Å². The van der Waals surface area contributed by atoms with Crippen LogP contribution < -0.4 is 15.8 Å². The van der Waals surface area contributed by atoms with Gasteiger partial charge in [-0.25, -0.2) is 0 Å². The van der Waals surface area contributed by atoms with Crippen LogP contribution in [0.25, 0.3) is 0 Å². The Labute approximate surface area is 120 Å². The Bertz CT molecular complexity index is 438. The SMILES string of the molecule is NC(=O)CCCNC(=O)CCOc1cccc(Br)c1. The largest absolute Gasteiger partial charge is 0.493 e. The fourth-order valence-corrected chi connectivity index (χ4v) is 1.78. The van der Waals surface area contributed by atoms with Crippen molar-refractivity contribution in [1.29, 1.82) is 0 Å². The number of nitrogens with two attached hydrogens (primary N) is 1. The second kappa shape index (κ2) is 8.53. The van der Waals surface area contributed by atoms with E-state index in [0.29, 0.717) is 19.6 Å². The van der Waals surface area contributed by atoms with E-state index in [4.69, 9.17) is 10.5 Å². The number of benzene rings is 1. The lowest BCUT2D eigenvalue weighted by atomic mass is 10.3. The molecule has 0 aliphatic carbocycles. The minimum absolute atomic E-state index is 0.0977. The highest BCUT2D eigenvalue weighted by atomic mass is 79.9. The van der Waals surface area contributed by atoms with E-state index in [0.717, 1.165) is 10.2 Å². The topological polar surface area (TPSA) is 81.4 Å². The molecule has 0 saturated carbocycles. The molecule has 0 spiro atoms. The zero-order valence-corrected chi connectivity index (χ0v) is 12.1. The summed E-state index contributed by atoms with van der Waals surface area (Å²) in [6.07, 6.45) is 1.13. The Morgan fingerprint density at radius 1 is 1.32 bits per heavy atom. The number of amides is 2. The molecule has 3 N–H and O–H groups in total. The lowest BCUT2D eigenvalue weighted by molar-refractivity contribution is -0.122. The molecule has 0 fully saturated rings. The van der Waals surface area contributed by atoms with Crippen LogP contribution in [0.5, 0.6) is 5.75 Å². The molecular formula is C13H17BrN2O3. The van der Waals surface area contributed by atoms with Gasteiger partial charge in [-0.15, -0.1) is 0 Å². The van der Waals surface area contributed by atoms with Gasteiger partial charge in [-0.05, 0) is 24.6 Å². The Balaban J connectivity index is 2.12. The first-order valence-corrected chi connectivity index (χ1v) is 6.80. The van der Waals surface area contributed by atoms with E-state index in [1.807, 2.05) is 24.3 Å². The second-order valence-corrected chi connectivity index (χ2v) is 4.89. The molecule has 0 heterocycles. The summed E-state index contributed by atoms with van der Waals surface area (Å²) in [5.41, 5.74) is 4.99. The van der Waals surface area contributed by atoms with Gasteiger partial charge in [0.15, 0.2) is 0 Å². The standard InChI is InChI=1S/C13H17BrN2O3/c14-10-3-1-4-11(9-10)19-8-6-13(18)16-7-2-5-12(15)17/h1,3-4,9H,2,5-8H2,(H2,15,17)(H,16,18). The highest BCUT2D eigenvalue weighted by Crippen LogP contribution is 2.17. The number of carbonyl (C=O) groups is 2. The number of carbonyl (C=O) groups excluding carboxylic acids is 2. The van der Waals surface area contributed by atoms with Crippen molar-refractivity contribution in [2.75, 3.05) is 13.2 Å². The summed E-state index contributed by atoms with van der Waals surface area (Å²) in [6, 6.07) is 7.43. The van der Waals surface area contributed by atoms with Gasteiger partial charge in [0.05, 0.1) is 13.0 Å². The number of primary amides is 1. The third kappa shape index (κ3) is 7.46. The van der Waals surface area contributed by atoms with Crippen molar-refractivity contribution in [3.05, 3.63) is 28.7 Å². The zero-order chi connectivity index (χ0) is 14.1. The summed E-state index contributed by atoms with van der Waals surface area (Å²) >= 11 is 3.34. The first-order chi connectivity index (χ1) is 9.08. The molecule has 0 saturated heterocycles. The first kappa shape index (κ1) is 15.5. The number of hydrogen-bond donors (Lipinski definition) is 2. The van der Waals surface area contributed by atoms with Crippen LogP contribution in [-0.2, 0) is 9.59 Å². The van der Waals surface area contributed by atoms with Crippen molar-refractivity contribution >= 4 is 27.7 Å². The maximum Gasteiger partial charge on any atom is 0.223 e. The Morgan fingerprint density at radius 2 is 2.11 bits per heavy atom. The molecule has 0 aliphatic rings. The van der Waals surface area contributed by atoms with Crippen molar-refractivity contribution < 1.29 is 14.3 Å². The molecule has 0 unspecified atom stereocenters. The van der Waals surface area contributed by atoms with Gasteiger partial charge < -0.3 is 15.8 Å². The molecule has 0 radical (unpaired) electrons. The molecule has 19 heavy (non-hydrogen) atoms. The summed E-state index contributed by atoms with van der Waals surface area (Å²) in [7, 11) is 0. The molecule has 0 bridgehead atoms. The maximum atomic E-state index is 11.4. The lowest BCUT2D eigenvalue weighted by Crippen LogP contribution is -2.26. The summed E-state index contributed by atoms with van der Waals surface area (Å²) in [6.45, 7) is 0.775. The molecular weight excluding hydrogens is 312 g/mol. The van der Waals surface area contributed by atoms with Gasteiger partial charge in [0.2, 0.25) is 11.8 Å². The zero-order valence-electron chi connectivity index (χ0n) is 10.5. The Kier molecular flexibility index (Phi) is 6.95. The number of nitrogens with one attached hydrogen (secondary N) is 1. The average Bonchev–Trinajstić information content (AvgIpc) is 2.34. The van der Waals surface area contributed by atoms with Crippen LogP contribution in [0.15, 0.2) is 28.7 Å². The van der Waals surface area contributed by atoms with Crippen LogP contribution in [0, 0.1) is 0 Å². The van der Waals surface area contributed by atoms with Crippen LogP contribution in [-0.4, -0.2) is 25.0 Å². The fourth-order valence-electron chi connectivity index (χ4n) is 1.40. The van der Waals surface area contributed by atoms with Gasteiger partial charge in [0.1, 0.15) is 5.75 Å². The smallest absolute Gasteiger partial charge is 0.223 e. The van der Waals surface area contributed by atoms with Crippen LogP contribution >= 0.6 is 15.9 Å². The fraction of sp³-hybridized carbons (Fsp3) is 0.385. The third-order valence-electron chi connectivity index (χ3n) is 2.32. The highest BCUT2D eigenvalue weighted by Gasteiger charge is 2.02. The summed E-state index contributed by atoms with van der Waals surface area (Å²) in [4.78, 5) is 21.9. The first-order valence-electron chi connectivity index (χ1n) is 6.01. The minimum atomic E-state index is -0.354. The van der Waals surface area contributed by atoms with E-state index < -0.39 is 0 Å². The van der Waals surface area contributed by atoms with Gasteiger partial charge in [-0.1, -0.05) is 22.0 Å². The van der Waals surface area contributed by atoms with E-state index in [9.17, 15) is 9.59 Å². The molecule has 6 heteroatoms. The van der Waals surface area contributed by atoms with Crippen LogP contribution in [0.2, 0.25) is 0 Å². The van der Waals surface area contributed by atoms with Crippen molar-refractivity contribution in [1.82, 2.24) is 5.32 Å². The van der Waals surface area contributed by atoms with Gasteiger partial charge >= 0.3 is 0 Å². The van der Waals surface area contributed by atoms with E-state index in [-0.39, 0.29) is 24.7 Å². The van der Waals surface area contributed by atoms with E-state index in [1.54, 1.807) is 0 Å². The quantitative estimate of drug-likeness (QED) is 0.711. The van der Waals surface area contributed by atoms with Crippen molar-refractivity contribution in [2.24, 2.45) is 5.73 Å². The van der Waals surface area contributed by atoms with Crippen molar-refractivity contribution in [3.8, 4) is 5.75 Å².